The van der Waals surface area contributed by atoms with E-state index in [-0.39, 0.29) is 6.03 Å². The number of anilines is 1. The second kappa shape index (κ2) is 10.1. The Morgan fingerprint density at radius 1 is 1.07 bits per heavy atom. The van der Waals surface area contributed by atoms with Gasteiger partial charge in [-0.25, -0.2) is 4.79 Å². The number of nitrogens with zero attached hydrogens (tertiary/aromatic N) is 2. The number of carbonyl (C=O) groups excluding carboxylic acids is 1. The van der Waals surface area contributed by atoms with Crippen LogP contribution in [0, 0.1) is 13.8 Å². The summed E-state index contributed by atoms with van der Waals surface area (Å²) in [4.78, 5) is 17.4. The smallest absolute Gasteiger partial charge is 0.319 e. The van der Waals surface area contributed by atoms with Crippen LogP contribution in [0.3, 0.4) is 0 Å². The molecule has 2 aliphatic rings. The lowest BCUT2D eigenvalue weighted by Crippen LogP contribution is -2.47. The zero-order valence-electron chi connectivity index (χ0n) is 17.1. The van der Waals surface area contributed by atoms with Gasteiger partial charge in [-0.15, -0.1) is 0 Å². The summed E-state index contributed by atoms with van der Waals surface area (Å²) < 4.78 is 0. The van der Waals surface area contributed by atoms with E-state index in [9.17, 15) is 4.79 Å². The quantitative estimate of drug-likeness (QED) is 0.748. The second-order valence-electron chi connectivity index (χ2n) is 8.22. The summed E-state index contributed by atoms with van der Waals surface area (Å²) in [6.45, 7) is 10.9. The van der Waals surface area contributed by atoms with Gasteiger partial charge in [-0.2, -0.15) is 0 Å². The molecule has 150 valence electrons. The topological polar surface area (TPSA) is 47.6 Å². The van der Waals surface area contributed by atoms with E-state index in [1.165, 1.54) is 63.8 Å². The van der Waals surface area contributed by atoms with E-state index >= 15 is 0 Å². The molecule has 0 atom stereocenters. The highest BCUT2D eigenvalue weighted by Gasteiger charge is 2.25. The van der Waals surface area contributed by atoms with Gasteiger partial charge >= 0.3 is 6.03 Å². The number of nitrogens with one attached hydrogen (secondary N) is 2. The Balaban J connectivity index is 1.28. The van der Waals surface area contributed by atoms with Gasteiger partial charge in [0.05, 0.1) is 0 Å². The number of hydrogen-bond acceptors (Lipinski definition) is 3. The van der Waals surface area contributed by atoms with E-state index in [0.717, 1.165) is 36.8 Å². The Morgan fingerprint density at radius 2 is 1.81 bits per heavy atom. The Labute approximate surface area is 164 Å². The molecule has 0 bridgehead atoms. The van der Waals surface area contributed by atoms with Crippen molar-refractivity contribution in [3.63, 3.8) is 0 Å². The molecule has 2 fully saturated rings. The number of carbonyl (C=O) groups is 1. The van der Waals surface area contributed by atoms with Gasteiger partial charge in [0.2, 0.25) is 0 Å². The minimum Gasteiger partial charge on any atom is -0.338 e. The number of hydrogen-bond donors (Lipinski definition) is 2. The molecule has 5 nitrogen and oxygen atoms in total. The highest BCUT2D eigenvalue weighted by atomic mass is 16.2. The van der Waals surface area contributed by atoms with Crippen molar-refractivity contribution >= 4 is 11.7 Å². The third-order valence-corrected chi connectivity index (χ3v) is 6.03. The zero-order chi connectivity index (χ0) is 19.1. The van der Waals surface area contributed by atoms with E-state index in [2.05, 4.69) is 33.4 Å². The van der Waals surface area contributed by atoms with E-state index in [4.69, 9.17) is 0 Å². The monoisotopic (exact) mass is 372 g/mol. The molecule has 2 amide bonds. The van der Waals surface area contributed by atoms with E-state index in [1.807, 2.05) is 19.1 Å². The highest BCUT2D eigenvalue weighted by molar-refractivity contribution is 5.90. The first kappa shape index (κ1) is 20.2. The lowest BCUT2D eigenvalue weighted by Gasteiger charge is -2.40. The molecule has 2 aliphatic heterocycles. The van der Waals surface area contributed by atoms with Gasteiger partial charge in [0.1, 0.15) is 0 Å². The number of benzene rings is 1. The van der Waals surface area contributed by atoms with Crippen LogP contribution < -0.4 is 10.6 Å². The molecule has 1 aromatic carbocycles. The molecule has 0 aliphatic carbocycles. The van der Waals surface area contributed by atoms with Gasteiger partial charge in [0.15, 0.2) is 0 Å². The van der Waals surface area contributed by atoms with Gasteiger partial charge in [-0.05, 0) is 90.3 Å². The first-order chi connectivity index (χ1) is 13.1. The van der Waals surface area contributed by atoms with Crippen LogP contribution in [0.5, 0.6) is 0 Å². The van der Waals surface area contributed by atoms with Crippen LogP contribution in [0.25, 0.3) is 0 Å². The maximum atomic E-state index is 12.1. The van der Waals surface area contributed by atoms with Crippen molar-refractivity contribution < 1.29 is 4.79 Å². The molecule has 0 radical (unpaired) electrons. The Hall–Kier alpha value is -1.59. The van der Waals surface area contributed by atoms with Crippen molar-refractivity contribution in [3.8, 4) is 0 Å². The first-order valence-electron chi connectivity index (χ1n) is 10.7. The van der Waals surface area contributed by atoms with Gasteiger partial charge in [-0.3, -0.25) is 0 Å². The number of amides is 2. The predicted octanol–water partition coefficient (Wildman–Crippen LogP) is 3.77. The van der Waals surface area contributed by atoms with Crippen LogP contribution in [-0.4, -0.2) is 61.1 Å². The summed E-state index contributed by atoms with van der Waals surface area (Å²) in [6, 6.07) is 6.78. The standard InChI is InChI=1S/C22H36N4O/c1-18-7-8-21(19(2)17-18)24-22(27)23-11-6-12-25-15-9-20(10-16-25)26-13-4-3-5-14-26/h7-8,17,20H,3-6,9-16H2,1-2H3,(H2,23,24,27). The van der Waals surface area contributed by atoms with Crippen molar-refractivity contribution in [2.24, 2.45) is 0 Å². The summed E-state index contributed by atoms with van der Waals surface area (Å²) in [5, 5.41) is 5.94. The molecule has 2 N–H and O–H groups in total. The Morgan fingerprint density at radius 3 is 2.52 bits per heavy atom. The van der Waals surface area contributed by atoms with E-state index in [1.54, 1.807) is 0 Å². The first-order valence-corrected chi connectivity index (χ1v) is 10.7. The Bertz CT molecular complexity index is 604. The molecule has 0 spiro atoms. The van der Waals surface area contributed by atoms with E-state index < -0.39 is 0 Å². The lowest BCUT2D eigenvalue weighted by molar-refractivity contribution is 0.0922. The molecule has 2 heterocycles. The average molecular weight is 373 g/mol. The van der Waals surface area contributed by atoms with Crippen molar-refractivity contribution in [1.29, 1.82) is 0 Å². The molecule has 2 saturated heterocycles. The molecule has 0 unspecified atom stereocenters. The van der Waals surface area contributed by atoms with Crippen molar-refractivity contribution in [3.05, 3.63) is 29.3 Å². The van der Waals surface area contributed by atoms with Crippen LogP contribution in [0.1, 0.15) is 49.7 Å². The zero-order valence-corrected chi connectivity index (χ0v) is 17.1. The van der Waals surface area contributed by atoms with Crippen LogP contribution in [-0.2, 0) is 0 Å². The molecule has 0 aromatic heterocycles. The van der Waals surface area contributed by atoms with Gasteiger partial charge in [0.25, 0.3) is 0 Å². The van der Waals surface area contributed by atoms with Crippen LogP contribution in [0.4, 0.5) is 10.5 Å². The molecule has 3 rings (SSSR count). The molecule has 27 heavy (non-hydrogen) atoms. The SMILES string of the molecule is Cc1ccc(NC(=O)NCCCN2CCC(N3CCCCC3)CC2)c(C)c1. The fourth-order valence-electron chi connectivity index (χ4n) is 4.42. The van der Waals surface area contributed by atoms with Gasteiger partial charge in [0, 0.05) is 18.3 Å². The fraction of sp³-hybridized carbons (Fsp3) is 0.682. The summed E-state index contributed by atoms with van der Waals surface area (Å²) in [7, 11) is 0. The Kier molecular flexibility index (Phi) is 7.53. The second-order valence-corrected chi connectivity index (χ2v) is 8.22. The minimum absolute atomic E-state index is 0.106. The third-order valence-electron chi connectivity index (χ3n) is 6.03. The normalized spacial score (nSPS) is 19.8. The fourth-order valence-corrected chi connectivity index (χ4v) is 4.42. The number of piperidine rings is 2. The maximum Gasteiger partial charge on any atom is 0.319 e. The van der Waals surface area contributed by atoms with Crippen LogP contribution in [0.15, 0.2) is 18.2 Å². The summed E-state index contributed by atoms with van der Waals surface area (Å²) in [5.74, 6) is 0. The van der Waals surface area contributed by atoms with Crippen LogP contribution in [0.2, 0.25) is 0 Å². The predicted molar refractivity (Wildman–Crippen MR) is 112 cm³/mol. The average Bonchev–Trinajstić information content (AvgIpc) is 2.69. The van der Waals surface area contributed by atoms with Gasteiger partial charge in [-0.1, -0.05) is 24.1 Å². The summed E-state index contributed by atoms with van der Waals surface area (Å²) in [5.41, 5.74) is 3.20. The van der Waals surface area contributed by atoms with E-state index in [0.29, 0.717) is 0 Å². The van der Waals surface area contributed by atoms with Crippen LogP contribution >= 0.6 is 0 Å². The third kappa shape index (κ3) is 6.22. The molecule has 0 saturated carbocycles. The van der Waals surface area contributed by atoms with Crippen molar-refractivity contribution in [1.82, 2.24) is 15.1 Å². The van der Waals surface area contributed by atoms with Crippen molar-refractivity contribution in [2.75, 3.05) is 44.6 Å². The summed E-state index contributed by atoms with van der Waals surface area (Å²) in [6.07, 6.45) is 7.81. The maximum absolute atomic E-state index is 12.1. The minimum atomic E-state index is -0.106. The number of urea groups is 1. The lowest BCUT2D eigenvalue weighted by atomic mass is 10.00. The molecular formula is C22H36N4O. The number of likely N-dealkylation sites (tertiary alicyclic amines) is 2. The molecule has 5 heteroatoms. The highest BCUT2D eigenvalue weighted by Crippen LogP contribution is 2.21. The largest absolute Gasteiger partial charge is 0.338 e. The van der Waals surface area contributed by atoms with Gasteiger partial charge < -0.3 is 20.4 Å². The number of aryl methyl sites for hydroxylation is 2. The summed E-state index contributed by atoms with van der Waals surface area (Å²) >= 11 is 0. The number of rotatable bonds is 6. The molecular weight excluding hydrogens is 336 g/mol. The molecule has 1 aromatic rings. The van der Waals surface area contributed by atoms with Crippen molar-refractivity contribution in [2.45, 2.75) is 58.4 Å².